The van der Waals surface area contributed by atoms with E-state index in [1.807, 2.05) is 13.8 Å². The highest BCUT2D eigenvalue weighted by Gasteiger charge is 2.25. The van der Waals surface area contributed by atoms with Crippen LogP contribution in [0.15, 0.2) is 11.6 Å². The quantitative estimate of drug-likeness (QED) is 0.507. The Morgan fingerprint density at radius 2 is 2.10 bits per heavy atom. The van der Waals surface area contributed by atoms with Crippen molar-refractivity contribution in [3.05, 3.63) is 11.6 Å². The summed E-state index contributed by atoms with van der Waals surface area (Å²) in [5, 5.41) is 0. The first kappa shape index (κ1) is 17.2. The van der Waals surface area contributed by atoms with Crippen molar-refractivity contribution in [2.75, 3.05) is 26.9 Å². The first-order chi connectivity index (χ1) is 9.24. The van der Waals surface area contributed by atoms with Gasteiger partial charge in [0, 0.05) is 7.11 Å². The number of methoxy groups -OCH3 is 1. The van der Waals surface area contributed by atoms with Gasteiger partial charge in [0.15, 0.2) is 0 Å². The number of esters is 1. The molecule has 0 aromatic heterocycles. The first-order valence-electron chi connectivity index (χ1n) is 7.20. The van der Waals surface area contributed by atoms with Crippen molar-refractivity contribution in [3.8, 4) is 0 Å². The van der Waals surface area contributed by atoms with E-state index in [9.17, 15) is 4.79 Å². The second kappa shape index (κ2) is 7.23. The topological polar surface area (TPSA) is 44.8 Å². The minimum absolute atomic E-state index is 0.0158. The molecule has 0 saturated heterocycles. The van der Waals surface area contributed by atoms with E-state index in [1.165, 1.54) is 12.7 Å². The van der Waals surface area contributed by atoms with Gasteiger partial charge in [0.2, 0.25) is 0 Å². The summed E-state index contributed by atoms with van der Waals surface area (Å²) < 4.78 is 15.6. The lowest BCUT2D eigenvalue weighted by Crippen LogP contribution is -2.33. The van der Waals surface area contributed by atoms with Crippen LogP contribution in [0.4, 0.5) is 0 Å². The van der Waals surface area contributed by atoms with E-state index >= 15 is 0 Å². The fraction of sp³-hybridized carbons (Fsp3) is 0.812. The molecule has 20 heavy (non-hydrogen) atoms. The normalized spacial score (nSPS) is 17.9. The zero-order valence-corrected chi connectivity index (χ0v) is 13.5. The molecule has 0 N–H and O–H groups in total. The van der Waals surface area contributed by atoms with E-state index in [4.69, 9.17) is 14.2 Å². The van der Waals surface area contributed by atoms with Gasteiger partial charge in [-0.3, -0.25) is 0 Å². The lowest BCUT2D eigenvalue weighted by Gasteiger charge is -2.25. The van der Waals surface area contributed by atoms with Crippen molar-refractivity contribution in [2.45, 2.75) is 52.6 Å². The van der Waals surface area contributed by atoms with E-state index in [0.717, 1.165) is 19.3 Å². The summed E-state index contributed by atoms with van der Waals surface area (Å²) >= 11 is 0. The van der Waals surface area contributed by atoms with Gasteiger partial charge in [-0.1, -0.05) is 25.5 Å². The fourth-order valence-electron chi connectivity index (χ4n) is 2.28. The number of hydrogen-bond acceptors (Lipinski definition) is 4. The van der Waals surface area contributed by atoms with Gasteiger partial charge in [-0.05, 0) is 38.5 Å². The monoisotopic (exact) mass is 284 g/mol. The Hall–Kier alpha value is -0.870. The van der Waals surface area contributed by atoms with Crippen molar-refractivity contribution < 1.29 is 19.0 Å². The first-order valence-corrected chi connectivity index (χ1v) is 7.20. The molecule has 0 aromatic rings. The van der Waals surface area contributed by atoms with E-state index < -0.39 is 5.60 Å². The molecule has 0 aromatic carbocycles. The predicted octanol–water partition coefficient (Wildman–Crippen LogP) is 3.11. The van der Waals surface area contributed by atoms with Gasteiger partial charge in [0.1, 0.15) is 13.2 Å². The van der Waals surface area contributed by atoms with Gasteiger partial charge in [-0.25, -0.2) is 4.79 Å². The molecule has 0 aliphatic heterocycles. The minimum atomic E-state index is -0.460. The molecule has 1 rings (SSSR count). The van der Waals surface area contributed by atoms with Crippen molar-refractivity contribution >= 4 is 5.97 Å². The molecule has 0 bridgehead atoms. The van der Waals surface area contributed by atoms with Gasteiger partial charge < -0.3 is 14.2 Å². The van der Waals surface area contributed by atoms with E-state index in [1.54, 1.807) is 0 Å². The summed E-state index contributed by atoms with van der Waals surface area (Å²) in [5.41, 5.74) is 1.42. The second-order valence-electron chi connectivity index (χ2n) is 6.86. The molecule has 1 aliphatic carbocycles. The van der Waals surface area contributed by atoms with E-state index in [0.29, 0.717) is 12.0 Å². The van der Waals surface area contributed by atoms with Crippen molar-refractivity contribution in [1.29, 1.82) is 0 Å². The van der Waals surface area contributed by atoms with Crippen molar-refractivity contribution in [2.24, 2.45) is 5.41 Å². The van der Waals surface area contributed by atoms with E-state index in [2.05, 4.69) is 19.9 Å². The van der Waals surface area contributed by atoms with Crippen LogP contribution in [0.25, 0.3) is 0 Å². The molecule has 0 unspecified atom stereocenters. The van der Waals surface area contributed by atoms with Gasteiger partial charge in [-0.2, -0.15) is 0 Å². The summed E-state index contributed by atoms with van der Waals surface area (Å²) in [7, 11) is 1.47. The molecule has 0 atom stereocenters. The molecular formula is C16H28O4. The zero-order chi connectivity index (χ0) is 15.2. The van der Waals surface area contributed by atoms with Gasteiger partial charge in [0.25, 0.3) is 0 Å². The Bertz CT molecular complexity index is 355. The number of hydrogen-bond donors (Lipinski definition) is 0. The maximum atomic E-state index is 11.2. The van der Waals surface area contributed by atoms with Gasteiger partial charge >= 0.3 is 5.97 Å². The molecule has 0 fully saturated rings. The summed E-state index contributed by atoms with van der Waals surface area (Å²) in [6.07, 6.45) is 5.59. The average molecular weight is 284 g/mol. The number of allylic oxidation sites excluding steroid dienone is 1. The fourth-order valence-corrected chi connectivity index (χ4v) is 2.28. The lowest BCUT2D eigenvalue weighted by molar-refractivity contribution is -0.157. The van der Waals surface area contributed by atoms with Crippen LogP contribution in [0, 0.1) is 5.41 Å². The summed E-state index contributed by atoms with van der Waals surface area (Å²) in [6, 6.07) is 0. The van der Waals surface area contributed by atoms with Crippen LogP contribution in [0.1, 0.15) is 47.0 Å². The average Bonchev–Trinajstić information content (AvgIpc) is 2.67. The van der Waals surface area contributed by atoms with E-state index in [-0.39, 0.29) is 19.2 Å². The van der Waals surface area contributed by atoms with Crippen LogP contribution in [0.2, 0.25) is 0 Å². The number of rotatable bonds is 8. The van der Waals surface area contributed by atoms with Gasteiger partial charge in [-0.15, -0.1) is 0 Å². The maximum Gasteiger partial charge on any atom is 0.332 e. The predicted molar refractivity (Wildman–Crippen MR) is 78.6 cm³/mol. The Balaban J connectivity index is 2.21. The summed E-state index contributed by atoms with van der Waals surface area (Å²) in [6.45, 7) is 9.34. The van der Waals surface area contributed by atoms with Crippen molar-refractivity contribution in [3.63, 3.8) is 0 Å². The van der Waals surface area contributed by atoms with Crippen LogP contribution in [-0.4, -0.2) is 38.5 Å². The molecule has 0 spiro atoms. The Kier molecular flexibility index (Phi) is 6.21. The third-order valence-electron chi connectivity index (χ3n) is 3.41. The Morgan fingerprint density at radius 3 is 2.65 bits per heavy atom. The summed E-state index contributed by atoms with van der Waals surface area (Å²) in [5.74, 6) is -0.357. The molecule has 116 valence electrons. The Labute approximate surface area is 122 Å². The number of ether oxygens (including phenoxy) is 3. The molecule has 4 nitrogen and oxygen atoms in total. The van der Waals surface area contributed by atoms with Crippen molar-refractivity contribution in [1.82, 2.24) is 0 Å². The zero-order valence-electron chi connectivity index (χ0n) is 13.5. The third kappa shape index (κ3) is 6.53. The molecule has 4 heteroatoms. The number of carbonyl (C=O) groups is 1. The highest BCUT2D eigenvalue weighted by Crippen LogP contribution is 2.37. The second-order valence-corrected chi connectivity index (χ2v) is 6.86. The molecule has 0 saturated carbocycles. The van der Waals surface area contributed by atoms with Crippen LogP contribution in [0.5, 0.6) is 0 Å². The maximum absolute atomic E-state index is 11.2. The third-order valence-corrected chi connectivity index (χ3v) is 3.41. The summed E-state index contributed by atoms with van der Waals surface area (Å²) in [4.78, 5) is 11.2. The SMILES string of the molecule is COCC(=O)OCC(C)(C)OCCC1=CCC(C)(C)C1. The molecule has 0 radical (unpaired) electrons. The van der Waals surface area contributed by atoms with Gasteiger partial charge in [0.05, 0.1) is 12.2 Å². The minimum Gasteiger partial charge on any atom is -0.461 e. The highest BCUT2D eigenvalue weighted by molar-refractivity contribution is 5.70. The molecule has 0 heterocycles. The van der Waals surface area contributed by atoms with Crippen LogP contribution < -0.4 is 0 Å². The Morgan fingerprint density at radius 1 is 1.40 bits per heavy atom. The smallest absolute Gasteiger partial charge is 0.332 e. The highest BCUT2D eigenvalue weighted by atomic mass is 16.6. The number of carbonyl (C=O) groups excluding carboxylic acids is 1. The van der Waals surface area contributed by atoms with Crippen LogP contribution in [-0.2, 0) is 19.0 Å². The van der Waals surface area contributed by atoms with Crippen LogP contribution in [0.3, 0.4) is 0 Å². The van der Waals surface area contributed by atoms with Crippen LogP contribution >= 0.6 is 0 Å². The molecule has 0 amide bonds. The standard InChI is InChI=1S/C16H28O4/c1-15(2)8-6-13(10-15)7-9-20-16(3,4)12-19-14(17)11-18-5/h6H,7-12H2,1-5H3. The molecule has 1 aliphatic rings. The largest absolute Gasteiger partial charge is 0.461 e. The lowest BCUT2D eigenvalue weighted by atomic mass is 9.89. The molecular weight excluding hydrogens is 256 g/mol.